The fourth-order valence-corrected chi connectivity index (χ4v) is 6.39. The van der Waals surface area contributed by atoms with Crippen molar-refractivity contribution in [2.45, 2.75) is 39.2 Å². The highest BCUT2D eigenvalue weighted by molar-refractivity contribution is 7.92. The first-order chi connectivity index (χ1) is 9.77. The lowest BCUT2D eigenvalue weighted by Crippen LogP contribution is -2.45. The van der Waals surface area contributed by atoms with Gasteiger partial charge < -0.3 is 5.11 Å². The van der Waals surface area contributed by atoms with E-state index in [2.05, 4.69) is 18.6 Å². The number of para-hydroxylation sites is 1. The van der Waals surface area contributed by atoms with Gasteiger partial charge in [-0.3, -0.25) is 4.72 Å². The van der Waals surface area contributed by atoms with E-state index in [1.165, 1.54) is 0 Å². The molecule has 2 N–H and O–H groups in total. The minimum absolute atomic E-state index is 0.000436. The molecule has 2 aliphatic carbocycles. The van der Waals surface area contributed by atoms with Crippen LogP contribution < -0.4 is 4.72 Å². The van der Waals surface area contributed by atoms with E-state index < -0.39 is 21.5 Å². The Hall–Kier alpha value is -1.07. The summed E-state index contributed by atoms with van der Waals surface area (Å²) in [7, 11) is -3.48. The number of nitrogens with one attached hydrogen (secondary N) is 1. The molecule has 4 nitrogen and oxygen atoms in total. The average molecular weight is 309 g/mol. The summed E-state index contributed by atoms with van der Waals surface area (Å²) in [4.78, 5) is 0. The lowest BCUT2D eigenvalue weighted by atomic mass is 9.70. The zero-order valence-corrected chi connectivity index (χ0v) is 13.4. The van der Waals surface area contributed by atoms with Crippen molar-refractivity contribution in [3.8, 4) is 0 Å². The third-order valence-corrected chi connectivity index (χ3v) is 7.33. The van der Waals surface area contributed by atoms with Gasteiger partial charge in [0.1, 0.15) is 0 Å². The van der Waals surface area contributed by atoms with Crippen LogP contribution in [0.1, 0.15) is 33.1 Å². The van der Waals surface area contributed by atoms with Gasteiger partial charge in [0.25, 0.3) is 0 Å². The van der Waals surface area contributed by atoms with Gasteiger partial charge in [0.05, 0.1) is 11.9 Å². The summed E-state index contributed by atoms with van der Waals surface area (Å²) in [5.41, 5.74) is -0.0652. The van der Waals surface area contributed by atoms with Crippen molar-refractivity contribution in [3.05, 3.63) is 30.3 Å². The molecule has 116 valence electrons. The molecule has 1 aromatic rings. The number of rotatable bonds is 4. The molecule has 5 heteroatoms. The van der Waals surface area contributed by atoms with Gasteiger partial charge in [0.15, 0.2) is 0 Å². The fraction of sp³-hybridized carbons (Fsp3) is 0.625. The van der Waals surface area contributed by atoms with E-state index in [0.29, 0.717) is 11.6 Å². The van der Waals surface area contributed by atoms with E-state index in [9.17, 15) is 13.5 Å². The van der Waals surface area contributed by atoms with Crippen molar-refractivity contribution in [3.63, 3.8) is 0 Å². The van der Waals surface area contributed by atoms with Crippen molar-refractivity contribution in [2.24, 2.45) is 16.7 Å². The second-order valence-corrected chi connectivity index (χ2v) is 8.81. The molecular formula is C16H23NO3S. The Kier molecular flexibility index (Phi) is 3.33. The number of aliphatic hydroxyl groups is 1. The van der Waals surface area contributed by atoms with Crippen molar-refractivity contribution in [1.29, 1.82) is 0 Å². The number of benzene rings is 1. The molecule has 2 bridgehead atoms. The molecule has 3 atom stereocenters. The lowest BCUT2D eigenvalue weighted by Gasteiger charge is -2.40. The number of hydrogen-bond donors (Lipinski definition) is 2. The molecule has 2 fully saturated rings. The van der Waals surface area contributed by atoms with Crippen LogP contribution in [0.5, 0.6) is 0 Å². The summed E-state index contributed by atoms with van der Waals surface area (Å²) < 4.78 is 27.7. The van der Waals surface area contributed by atoms with Crippen LogP contribution in [-0.4, -0.2) is 25.4 Å². The van der Waals surface area contributed by atoms with Crippen LogP contribution in [0.4, 0.5) is 5.69 Å². The Labute approximate surface area is 126 Å². The van der Waals surface area contributed by atoms with E-state index >= 15 is 0 Å². The summed E-state index contributed by atoms with van der Waals surface area (Å²) in [5, 5.41) is 10.4. The Morgan fingerprint density at radius 1 is 1.29 bits per heavy atom. The summed E-state index contributed by atoms with van der Waals surface area (Å²) >= 11 is 0. The first-order valence-corrected chi connectivity index (χ1v) is 9.16. The summed E-state index contributed by atoms with van der Waals surface area (Å²) in [6.45, 7) is 4.22. The van der Waals surface area contributed by atoms with Gasteiger partial charge in [-0.1, -0.05) is 32.0 Å². The number of fused-ring (bicyclic) bond motifs is 2. The molecule has 21 heavy (non-hydrogen) atoms. The van der Waals surface area contributed by atoms with Gasteiger partial charge in [0, 0.05) is 11.1 Å². The summed E-state index contributed by atoms with van der Waals surface area (Å²) in [6, 6.07) is 8.93. The van der Waals surface area contributed by atoms with E-state index in [0.717, 1.165) is 19.3 Å². The number of anilines is 1. The van der Waals surface area contributed by atoms with Crippen LogP contribution in [0.15, 0.2) is 30.3 Å². The van der Waals surface area contributed by atoms with Crippen LogP contribution in [-0.2, 0) is 10.0 Å². The largest absolute Gasteiger partial charge is 0.392 e. The third kappa shape index (κ3) is 2.27. The Morgan fingerprint density at radius 3 is 2.48 bits per heavy atom. The number of hydrogen-bond acceptors (Lipinski definition) is 3. The molecule has 0 spiro atoms. The minimum atomic E-state index is -3.48. The molecule has 0 aromatic heterocycles. The fourth-order valence-electron chi connectivity index (χ4n) is 4.44. The quantitative estimate of drug-likeness (QED) is 0.898. The molecule has 0 amide bonds. The zero-order valence-electron chi connectivity index (χ0n) is 12.5. The Morgan fingerprint density at radius 2 is 1.95 bits per heavy atom. The topological polar surface area (TPSA) is 66.4 Å². The molecule has 0 aliphatic heterocycles. The van der Waals surface area contributed by atoms with Crippen molar-refractivity contribution < 1.29 is 13.5 Å². The summed E-state index contributed by atoms with van der Waals surface area (Å²) in [6.07, 6.45) is 2.03. The van der Waals surface area contributed by atoms with Crippen LogP contribution in [0, 0.1) is 16.7 Å². The van der Waals surface area contributed by atoms with E-state index in [1.54, 1.807) is 24.3 Å². The van der Waals surface area contributed by atoms with Crippen molar-refractivity contribution in [1.82, 2.24) is 0 Å². The number of sulfonamides is 1. The second-order valence-electron chi connectivity index (χ2n) is 7.09. The monoisotopic (exact) mass is 309 g/mol. The first kappa shape index (κ1) is 14.9. The predicted molar refractivity (Wildman–Crippen MR) is 83.4 cm³/mol. The van der Waals surface area contributed by atoms with Crippen LogP contribution >= 0.6 is 0 Å². The molecule has 0 heterocycles. The third-order valence-electron chi connectivity index (χ3n) is 5.88. The van der Waals surface area contributed by atoms with Gasteiger partial charge in [-0.05, 0) is 42.7 Å². The summed E-state index contributed by atoms with van der Waals surface area (Å²) in [5.74, 6) is 0.430. The lowest BCUT2D eigenvalue weighted by molar-refractivity contribution is 0.0154. The highest BCUT2D eigenvalue weighted by Crippen LogP contribution is 2.66. The Bertz CT molecular complexity index is 626. The molecule has 0 saturated heterocycles. The SMILES string of the molecule is CC1(C)[C@@H]2CC[C@@]1(CS(=O)(=O)Nc1ccccc1)[C@H](O)C2. The standard InChI is InChI=1S/C16H23NO3S/c1-15(2)12-8-9-16(15,14(18)10-12)11-21(19,20)17-13-6-4-3-5-7-13/h3-7,12,14,17-18H,8-11H2,1-2H3/t12-,14-,16-/m1/s1. The average Bonchev–Trinajstić information content (AvgIpc) is 2.72. The highest BCUT2D eigenvalue weighted by atomic mass is 32.2. The van der Waals surface area contributed by atoms with Gasteiger partial charge in [-0.2, -0.15) is 0 Å². The van der Waals surface area contributed by atoms with Crippen molar-refractivity contribution >= 4 is 15.7 Å². The highest BCUT2D eigenvalue weighted by Gasteiger charge is 2.64. The molecule has 2 saturated carbocycles. The second kappa shape index (κ2) is 4.71. The molecule has 0 radical (unpaired) electrons. The molecule has 1 aromatic carbocycles. The number of aliphatic hydroxyl groups excluding tert-OH is 1. The zero-order chi connectivity index (χ0) is 15.3. The molecule has 0 unspecified atom stereocenters. The van der Waals surface area contributed by atoms with Gasteiger partial charge in [-0.25, -0.2) is 8.42 Å². The normalized spacial score (nSPS) is 34.0. The van der Waals surface area contributed by atoms with Gasteiger partial charge in [-0.15, -0.1) is 0 Å². The van der Waals surface area contributed by atoms with E-state index in [4.69, 9.17) is 0 Å². The Balaban J connectivity index is 1.85. The maximum absolute atomic E-state index is 12.5. The minimum Gasteiger partial charge on any atom is -0.392 e. The maximum atomic E-state index is 12.5. The molecule has 3 rings (SSSR count). The van der Waals surface area contributed by atoms with E-state index in [-0.39, 0.29) is 11.2 Å². The molecule has 2 aliphatic rings. The smallest absolute Gasteiger partial charge is 0.233 e. The predicted octanol–water partition coefficient (Wildman–Crippen LogP) is 2.62. The van der Waals surface area contributed by atoms with E-state index in [1.807, 2.05) is 6.07 Å². The van der Waals surface area contributed by atoms with Crippen LogP contribution in [0.3, 0.4) is 0 Å². The van der Waals surface area contributed by atoms with Crippen LogP contribution in [0.2, 0.25) is 0 Å². The van der Waals surface area contributed by atoms with Gasteiger partial charge >= 0.3 is 0 Å². The first-order valence-electron chi connectivity index (χ1n) is 7.50. The molecular weight excluding hydrogens is 286 g/mol. The van der Waals surface area contributed by atoms with Crippen LogP contribution in [0.25, 0.3) is 0 Å². The van der Waals surface area contributed by atoms with Crippen molar-refractivity contribution in [2.75, 3.05) is 10.5 Å². The van der Waals surface area contributed by atoms with Gasteiger partial charge in [0.2, 0.25) is 10.0 Å². The maximum Gasteiger partial charge on any atom is 0.233 e.